The van der Waals surface area contributed by atoms with Crippen molar-refractivity contribution in [2.45, 2.75) is 49.4 Å². The van der Waals surface area contributed by atoms with E-state index >= 15 is 0 Å². The van der Waals surface area contributed by atoms with Gasteiger partial charge in [0, 0.05) is 19.1 Å². The number of nitrogens with zero attached hydrogens (tertiary/aromatic N) is 1. The highest BCUT2D eigenvalue weighted by molar-refractivity contribution is 7.90. The van der Waals surface area contributed by atoms with Crippen LogP contribution in [0, 0.1) is 0 Å². The molecule has 1 aliphatic carbocycles. The van der Waals surface area contributed by atoms with Crippen LogP contribution in [0.4, 0.5) is 0 Å². The molecule has 1 aliphatic heterocycles. The number of hydrogen-bond acceptors (Lipinski definition) is 4. The number of hydrogen-bond donors (Lipinski definition) is 2. The highest BCUT2D eigenvalue weighted by Crippen LogP contribution is 2.32. The number of carbonyl (C=O) groups is 1. The van der Waals surface area contributed by atoms with Gasteiger partial charge in [0.1, 0.15) is 5.54 Å². The Morgan fingerprint density at radius 2 is 1.75 bits per heavy atom. The average Bonchev–Trinajstić information content (AvgIpc) is 3.41. The van der Waals surface area contributed by atoms with Crippen LogP contribution in [0.1, 0.15) is 38.2 Å². The van der Waals surface area contributed by atoms with Gasteiger partial charge < -0.3 is 11.1 Å². The van der Waals surface area contributed by atoms with Crippen LogP contribution in [0.5, 0.6) is 0 Å². The summed E-state index contributed by atoms with van der Waals surface area (Å²) in [5.41, 5.74) is 5.89. The minimum atomic E-state index is -3.12. The lowest BCUT2D eigenvalue weighted by atomic mass is 9.91. The maximum absolute atomic E-state index is 12.6. The van der Waals surface area contributed by atoms with Crippen molar-refractivity contribution in [2.24, 2.45) is 5.73 Å². The fourth-order valence-corrected chi connectivity index (χ4v) is 4.96. The zero-order valence-electron chi connectivity index (χ0n) is 13.9. The van der Waals surface area contributed by atoms with Crippen LogP contribution in [0.25, 0.3) is 0 Å². The normalized spacial score (nSPS) is 22.8. The van der Waals surface area contributed by atoms with Crippen molar-refractivity contribution >= 4 is 15.9 Å². The molecule has 6 nitrogen and oxygen atoms in total. The molecule has 0 bridgehead atoms. The highest BCUT2D eigenvalue weighted by Gasteiger charge is 2.41. The van der Waals surface area contributed by atoms with Crippen LogP contribution in [-0.2, 0) is 20.4 Å². The molecule has 1 atom stereocenters. The summed E-state index contributed by atoms with van der Waals surface area (Å²) >= 11 is 0. The molecule has 1 aromatic carbocycles. The van der Waals surface area contributed by atoms with E-state index in [2.05, 4.69) is 5.32 Å². The van der Waals surface area contributed by atoms with E-state index in [0.29, 0.717) is 25.9 Å². The van der Waals surface area contributed by atoms with E-state index in [1.165, 1.54) is 0 Å². The van der Waals surface area contributed by atoms with Gasteiger partial charge in [-0.2, -0.15) is 0 Å². The predicted molar refractivity (Wildman–Crippen MR) is 92.7 cm³/mol. The lowest BCUT2D eigenvalue weighted by Crippen LogP contribution is -2.54. The molecule has 1 heterocycles. The molecule has 24 heavy (non-hydrogen) atoms. The maximum atomic E-state index is 12.6. The summed E-state index contributed by atoms with van der Waals surface area (Å²) < 4.78 is 26.1. The first-order valence-electron chi connectivity index (χ1n) is 8.46. The number of amides is 1. The van der Waals surface area contributed by atoms with Crippen LogP contribution in [0.3, 0.4) is 0 Å². The van der Waals surface area contributed by atoms with Crippen molar-refractivity contribution in [1.82, 2.24) is 9.62 Å². The van der Waals surface area contributed by atoms with Crippen LogP contribution >= 0.6 is 0 Å². The molecule has 0 aromatic heterocycles. The van der Waals surface area contributed by atoms with Crippen molar-refractivity contribution in [3.8, 4) is 0 Å². The Labute approximate surface area is 143 Å². The summed E-state index contributed by atoms with van der Waals surface area (Å²) in [6.45, 7) is 2.64. The Bertz CT molecular complexity index is 691. The standard InChI is InChI=1S/C17H25N3O3S/c1-17(18,13-5-3-2-4-6-13)16(21)19-14-9-11-20(12-10-14)24(22,23)15-7-8-15/h2-6,14-15H,7-12,18H2,1H3,(H,19,21). The number of rotatable bonds is 5. The molecule has 1 aromatic rings. The van der Waals surface area contributed by atoms with E-state index in [1.54, 1.807) is 11.2 Å². The van der Waals surface area contributed by atoms with E-state index in [0.717, 1.165) is 18.4 Å². The second-order valence-electron chi connectivity index (χ2n) is 6.96. The number of piperidine rings is 1. The molecular formula is C17H25N3O3S. The third-order valence-corrected chi connectivity index (χ3v) is 7.34. The van der Waals surface area contributed by atoms with Gasteiger partial charge in [-0.1, -0.05) is 30.3 Å². The van der Waals surface area contributed by atoms with E-state index in [4.69, 9.17) is 5.73 Å². The second kappa shape index (κ2) is 6.46. The molecule has 0 radical (unpaired) electrons. The molecule has 0 spiro atoms. The Morgan fingerprint density at radius 3 is 2.29 bits per heavy atom. The number of benzene rings is 1. The minimum absolute atomic E-state index is 0.0326. The second-order valence-corrected chi connectivity index (χ2v) is 9.17. The van der Waals surface area contributed by atoms with Crippen LogP contribution in [0.15, 0.2) is 30.3 Å². The number of carbonyl (C=O) groups excluding carboxylic acids is 1. The summed E-state index contributed by atoms with van der Waals surface area (Å²) in [7, 11) is -3.12. The van der Waals surface area contributed by atoms with E-state index < -0.39 is 15.6 Å². The quantitative estimate of drug-likeness (QED) is 0.825. The third-order valence-electron chi connectivity index (χ3n) is 4.94. The average molecular weight is 351 g/mol. The molecule has 132 valence electrons. The van der Waals surface area contributed by atoms with E-state index in [9.17, 15) is 13.2 Å². The summed E-state index contributed by atoms with van der Waals surface area (Å²) in [6.07, 6.45) is 2.81. The van der Waals surface area contributed by atoms with Crippen molar-refractivity contribution in [1.29, 1.82) is 0 Å². The Balaban J connectivity index is 1.57. The van der Waals surface area contributed by atoms with E-state index in [-0.39, 0.29) is 17.2 Å². The predicted octanol–water partition coefficient (Wildman–Crippen LogP) is 0.933. The van der Waals surface area contributed by atoms with Gasteiger partial charge in [-0.05, 0) is 38.2 Å². The molecule has 1 saturated heterocycles. The molecule has 2 fully saturated rings. The lowest BCUT2D eigenvalue weighted by Gasteiger charge is -2.34. The number of nitrogens with two attached hydrogens (primary N) is 1. The fraction of sp³-hybridized carbons (Fsp3) is 0.588. The number of nitrogens with one attached hydrogen (secondary N) is 1. The molecule has 7 heteroatoms. The van der Waals surface area contributed by atoms with Gasteiger partial charge in [0.2, 0.25) is 15.9 Å². The zero-order valence-corrected chi connectivity index (χ0v) is 14.8. The molecule has 1 saturated carbocycles. The van der Waals surface area contributed by atoms with Crippen molar-refractivity contribution in [3.63, 3.8) is 0 Å². The van der Waals surface area contributed by atoms with Gasteiger partial charge in [0.15, 0.2) is 0 Å². The lowest BCUT2D eigenvalue weighted by molar-refractivity contribution is -0.127. The minimum Gasteiger partial charge on any atom is -0.351 e. The fourth-order valence-electron chi connectivity index (χ4n) is 3.08. The van der Waals surface area contributed by atoms with Gasteiger partial charge in [-0.25, -0.2) is 12.7 Å². The molecule has 1 amide bonds. The molecule has 3 rings (SSSR count). The summed E-state index contributed by atoms with van der Waals surface area (Å²) in [6, 6.07) is 9.24. The van der Waals surface area contributed by atoms with Crippen LogP contribution in [-0.4, -0.2) is 43.0 Å². The highest BCUT2D eigenvalue weighted by atomic mass is 32.2. The maximum Gasteiger partial charge on any atom is 0.244 e. The summed E-state index contributed by atoms with van der Waals surface area (Å²) in [4.78, 5) is 12.6. The van der Waals surface area contributed by atoms with Gasteiger partial charge >= 0.3 is 0 Å². The topological polar surface area (TPSA) is 92.5 Å². The molecular weight excluding hydrogens is 326 g/mol. The van der Waals surface area contributed by atoms with Crippen molar-refractivity contribution in [3.05, 3.63) is 35.9 Å². The molecule has 2 aliphatic rings. The first-order valence-corrected chi connectivity index (χ1v) is 9.96. The Kier molecular flexibility index (Phi) is 4.68. The molecule has 1 unspecified atom stereocenters. The van der Waals surface area contributed by atoms with Gasteiger partial charge in [-0.3, -0.25) is 4.79 Å². The summed E-state index contributed by atoms with van der Waals surface area (Å²) in [5.74, 6) is -0.225. The number of sulfonamides is 1. The Morgan fingerprint density at radius 1 is 1.17 bits per heavy atom. The van der Waals surface area contributed by atoms with Gasteiger partial charge in [0.25, 0.3) is 0 Å². The summed E-state index contributed by atoms with van der Waals surface area (Å²) in [5, 5.41) is 2.82. The van der Waals surface area contributed by atoms with Gasteiger partial charge in [0.05, 0.1) is 5.25 Å². The largest absolute Gasteiger partial charge is 0.351 e. The Hall–Kier alpha value is -1.44. The SMILES string of the molecule is CC(N)(C(=O)NC1CCN(S(=O)(=O)C2CC2)CC1)c1ccccc1. The third kappa shape index (κ3) is 3.48. The van der Waals surface area contributed by atoms with E-state index in [1.807, 2.05) is 30.3 Å². The van der Waals surface area contributed by atoms with Gasteiger partial charge in [-0.15, -0.1) is 0 Å². The van der Waals surface area contributed by atoms with Crippen molar-refractivity contribution in [2.75, 3.05) is 13.1 Å². The monoisotopic (exact) mass is 351 g/mol. The van der Waals surface area contributed by atoms with Crippen molar-refractivity contribution < 1.29 is 13.2 Å². The first kappa shape index (κ1) is 17.4. The first-order chi connectivity index (χ1) is 11.3. The van der Waals surface area contributed by atoms with Crippen LogP contribution in [0.2, 0.25) is 0 Å². The van der Waals surface area contributed by atoms with Crippen LogP contribution < -0.4 is 11.1 Å². The molecule has 3 N–H and O–H groups in total. The zero-order chi connectivity index (χ0) is 17.4. The smallest absolute Gasteiger partial charge is 0.244 e.